The van der Waals surface area contributed by atoms with Crippen LogP contribution in [0.4, 0.5) is 13.2 Å². The molecule has 0 radical (unpaired) electrons. The molecule has 0 spiro atoms. The summed E-state index contributed by atoms with van der Waals surface area (Å²) in [5, 5.41) is 7.83. The van der Waals surface area contributed by atoms with E-state index in [1.807, 2.05) is 0 Å². The summed E-state index contributed by atoms with van der Waals surface area (Å²) in [6, 6.07) is 1.31. The third kappa shape index (κ3) is 3.06. The molecule has 2 aromatic heterocycles. The molecule has 4 nitrogen and oxygen atoms in total. The molecule has 1 fully saturated rings. The first kappa shape index (κ1) is 14.0. The van der Waals surface area contributed by atoms with Crippen LogP contribution in [0.5, 0.6) is 0 Å². The lowest BCUT2D eigenvalue weighted by Gasteiger charge is -2.18. The molecular formula is C14H15F3N4. The molecule has 21 heavy (non-hydrogen) atoms. The molecule has 2 heterocycles. The standard InChI is InChI=1S/C14H15F3N4/c15-12-6-10(7-18-8-12)13-9-21(20-19-13)5-3-11-2-1-4-14(11,16)17/h6-9,11H,1-5H2. The molecule has 1 aliphatic carbocycles. The zero-order chi connectivity index (χ0) is 14.9. The van der Waals surface area contributed by atoms with Gasteiger partial charge in [0.15, 0.2) is 0 Å². The fourth-order valence-electron chi connectivity index (χ4n) is 2.73. The Labute approximate surface area is 120 Å². The molecule has 0 aromatic carbocycles. The summed E-state index contributed by atoms with van der Waals surface area (Å²) in [6.07, 6.45) is 5.71. The third-order valence-electron chi connectivity index (χ3n) is 3.91. The van der Waals surface area contributed by atoms with Crippen LogP contribution in [0.3, 0.4) is 0 Å². The number of alkyl halides is 2. The minimum absolute atomic E-state index is 0.0186. The smallest absolute Gasteiger partial charge is 0.251 e. The molecular weight excluding hydrogens is 281 g/mol. The second-order valence-electron chi connectivity index (χ2n) is 5.40. The van der Waals surface area contributed by atoms with E-state index in [0.29, 0.717) is 37.1 Å². The first-order chi connectivity index (χ1) is 10.0. The number of pyridine rings is 1. The number of halogens is 3. The Morgan fingerprint density at radius 2 is 2.19 bits per heavy atom. The van der Waals surface area contributed by atoms with Gasteiger partial charge in [-0.2, -0.15) is 0 Å². The monoisotopic (exact) mass is 296 g/mol. The van der Waals surface area contributed by atoms with E-state index in [1.54, 1.807) is 6.20 Å². The predicted octanol–water partition coefficient (Wildman–Crippen LogP) is 3.30. The lowest BCUT2D eigenvalue weighted by Crippen LogP contribution is -2.23. The van der Waals surface area contributed by atoms with E-state index in [9.17, 15) is 13.2 Å². The minimum atomic E-state index is -2.56. The van der Waals surface area contributed by atoms with Crippen LogP contribution < -0.4 is 0 Å². The van der Waals surface area contributed by atoms with Crippen LogP contribution in [0.1, 0.15) is 25.7 Å². The SMILES string of the molecule is Fc1cncc(-c2cn(CCC3CCCC3(F)F)nn2)c1. The van der Waals surface area contributed by atoms with Gasteiger partial charge in [0.25, 0.3) is 5.92 Å². The second-order valence-corrected chi connectivity index (χ2v) is 5.40. The topological polar surface area (TPSA) is 43.6 Å². The van der Waals surface area contributed by atoms with Gasteiger partial charge < -0.3 is 0 Å². The van der Waals surface area contributed by atoms with E-state index in [4.69, 9.17) is 0 Å². The van der Waals surface area contributed by atoms with E-state index in [2.05, 4.69) is 15.3 Å². The van der Waals surface area contributed by atoms with Crippen molar-refractivity contribution in [3.8, 4) is 11.3 Å². The van der Waals surface area contributed by atoms with Crippen molar-refractivity contribution < 1.29 is 13.2 Å². The van der Waals surface area contributed by atoms with Gasteiger partial charge in [-0.1, -0.05) is 5.21 Å². The van der Waals surface area contributed by atoms with E-state index in [0.717, 1.165) is 6.20 Å². The summed E-state index contributed by atoms with van der Waals surface area (Å²) in [5.41, 5.74) is 1.01. The Kier molecular flexibility index (Phi) is 3.65. The molecule has 112 valence electrons. The Balaban J connectivity index is 1.66. The second kappa shape index (κ2) is 5.46. The van der Waals surface area contributed by atoms with Crippen molar-refractivity contribution in [2.24, 2.45) is 5.92 Å². The van der Waals surface area contributed by atoms with E-state index in [-0.39, 0.29) is 6.42 Å². The number of aromatic nitrogens is 4. The van der Waals surface area contributed by atoms with Gasteiger partial charge in [-0.3, -0.25) is 9.67 Å². The highest BCUT2D eigenvalue weighted by Gasteiger charge is 2.43. The Morgan fingerprint density at radius 1 is 1.33 bits per heavy atom. The van der Waals surface area contributed by atoms with Crippen LogP contribution in [0.25, 0.3) is 11.3 Å². The highest BCUT2D eigenvalue weighted by atomic mass is 19.3. The molecule has 0 bridgehead atoms. The van der Waals surface area contributed by atoms with Gasteiger partial charge in [-0.05, 0) is 25.3 Å². The summed E-state index contributed by atoms with van der Waals surface area (Å²) < 4.78 is 41.7. The van der Waals surface area contributed by atoms with Gasteiger partial charge in [0.05, 0.1) is 12.4 Å². The fraction of sp³-hybridized carbons (Fsp3) is 0.500. The number of aryl methyl sites for hydroxylation is 1. The predicted molar refractivity (Wildman–Crippen MR) is 70.1 cm³/mol. The van der Waals surface area contributed by atoms with Gasteiger partial charge in [-0.25, -0.2) is 13.2 Å². The van der Waals surface area contributed by atoms with E-state index < -0.39 is 17.7 Å². The molecule has 7 heteroatoms. The molecule has 1 unspecified atom stereocenters. The Morgan fingerprint density at radius 3 is 2.90 bits per heavy atom. The van der Waals surface area contributed by atoms with Crippen LogP contribution in [-0.2, 0) is 6.54 Å². The quantitative estimate of drug-likeness (QED) is 0.869. The molecule has 1 saturated carbocycles. The van der Waals surface area contributed by atoms with Gasteiger partial charge >= 0.3 is 0 Å². The summed E-state index contributed by atoms with van der Waals surface area (Å²) in [6.45, 7) is 0.385. The minimum Gasteiger partial charge on any atom is -0.261 e. The molecule has 2 aromatic rings. The molecule has 1 atom stereocenters. The van der Waals surface area contributed by atoms with Gasteiger partial charge in [0, 0.05) is 30.6 Å². The van der Waals surface area contributed by atoms with Crippen LogP contribution >= 0.6 is 0 Å². The Hall–Kier alpha value is -1.92. The molecule has 0 N–H and O–H groups in total. The maximum atomic E-state index is 13.5. The third-order valence-corrected chi connectivity index (χ3v) is 3.91. The fourth-order valence-corrected chi connectivity index (χ4v) is 2.73. The van der Waals surface area contributed by atoms with Gasteiger partial charge in [-0.15, -0.1) is 5.10 Å². The molecule has 1 aliphatic rings. The molecule has 0 amide bonds. The maximum absolute atomic E-state index is 13.5. The highest BCUT2D eigenvalue weighted by Crippen LogP contribution is 2.42. The van der Waals surface area contributed by atoms with Crippen LogP contribution in [0.15, 0.2) is 24.7 Å². The summed E-state index contributed by atoms with van der Waals surface area (Å²) in [5.74, 6) is -3.59. The average Bonchev–Trinajstić information content (AvgIpc) is 3.03. The van der Waals surface area contributed by atoms with Crippen molar-refractivity contribution in [1.82, 2.24) is 20.0 Å². The van der Waals surface area contributed by atoms with Crippen molar-refractivity contribution in [2.45, 2.75) is 38.2 Å². The van der Waals surface area contributed by atoms with Crippen LogP contribution in [-0.4, -0.2) is 25.9 Å². The molecule has 0 saturated heterocycles. The number of rotatable bonds is 4. The summed E-state index contributed by atoms with van der Waals surface area (Å²) in [7, 11) is 0. The lowest BCUT2D eigenvalue weighted by molar-refractivity contribution is -0.0408. The Bertz CT molecular complexity index is 626. The first-order valence-corrected chi connectivity index (χ1v) is 6.93. The normalized spacial score (nSPS) is 20.8. The van der Waals surface area contributed by atoms with Crippen molar-refractivity contribution >= 4 is 0 Å². The zero-order valence-corrected chi connectivity index (χ0v) is 11.3. The molecule has 0 aliphatic heterocycles. The highest BCUT2D eigenvalue weighted by molar-refractivity contribution is 5.55. The van der Waals surface area contributed by atoms with Gasteiger partial charge in [0.1, 0.15) is 11.5 Å². The number of hydrogen-bond donors (Lipinski definition) is 0. The van der Waals surface area contributed by atoms with Gasteiger partial charge in [0.2, 0.25) is 0 Å². The van der Waals surface area contributed by atoms with E-state index >= 15 is 0 Å². The first-order valence-electron chi connectivity index (χ1n) is 6.93. The van der Waals surface area contributed by atoms with Crippen molar-refractivity contribution in [1.29, 1.82) is 0 Å². The van der Waals surface area contributed by atoms with Crippen LogP contribution in [0, 0.1) is 11.7 Å². The van der Waals surface area contributed by atoms with Crippen molar-refractivity contribution in [2.75, 3.05) is 0 Å². The summed E-state index contributed by atoms with van der Waals surface area (Å²) >= 11 is 0. The molecule has 3 rings (SSSR count). The van der Waals surface area contributed by atoms with Crippen molar-refractivity contribution in [3.05, 3.63) is 30.5 Å². The largest absolute Gasteiger partial charge is 0.261 e. The van der Waals surface area contributed by atoms with E-state index in [1.165, 1.54) is 16.9 Å². The summed E-state index contributed by atoms with van der Waals surface area (Å²) in [4.78, 5) is 3.75. The van der Waals surface area contributed by atoms with Crippen molar-refractivity contribution in [3.63, 3.8) is 0 Å². The lowest BCUT2D eigenvalue weighted by atomic mass is 10.0. The number of hydrogen-bond acceptors (Lipinski definition) is 3. The van der Waals surface area contributed by atoms with Crippen LogP contribution in [0.2, 0.25) is 0 Å². The maximum Gasteiger partial charge on any atom is 0.251 e. The number of nitrogens with zero attached hydrogens (tertiary/aromatic N) is 4. The average molecular weight is 296 g/mol. The zero-order valence-electron chi connectivity index (χ0n) is 11.3.